The van der Waals surface area contributed by atoms with Crippen molar-refractivity contribution in [2.24, 2.45) is 10.9 Å². The van der Waals surface area contributed by atoms with Gasteiger partial charge < -0.3 is 15.0 Å². The summed E-state index contributed by atoms with van der Waals surface area (Å²) in [5, 5.41) is 3.99. The number of anilines is 1. The Morgan fingerprint density at radius 2 is 1.81 bits per heavy atom. The van der Waals surface area contributed by atoms with Crippen LogP contribution in [0.25, 0.3) is 5.70 Å². The first-order valence-corrected chi connectivity index (χ1v) is 14.5. The smallest absolute Gasteiger partial charge is 0.338 e. The molecule has 37 heavy (non-hydrogen) atoms. The number of nitrogens with one attached hydrogen (secondary N) is 1. The second kappa shape index (κ2) is 12.0. The number of hydrogen-bond donors (Lipinski definition) is 1. The number of carbonyl (C=O) groups is 2. The Labute approximate surface area is 223 Å². The first-order valence-electron chi connectivity index (χ1n) is 13.5. The zero-order valence-electron chi connectivity index (χ0n) is 21.4. The molecule has 2 fully saturated rings. The molecule has 0 aromatic heterocycles. The van der Waals surface area contributed by atoms with Crippen LogP contribution in [0.3, 0.4) is 0 Å². The van der Waals surface area contributed by atoms with E-state index in [9.17, 15) is 9.59 Å². The molecule has 1 aliphatic carbocycles. The Bertz CT molecular complexity index is 1170. The van der Waals surface area contributed by atoms with Crippen LogP contribution in [0.1, 0.15) is 69.0 Å². The molecule has 7 heteroatoms. The third-order valence-electron chi connectivity index (χ3n) is 7.38. The van der Waals surface area contributed by atoms with Gasteiger partial charge in [-0.25, -0.2) is 9.79 Å². The molecule has 5 rings (SSSR count). The highest BCUT2D eigenvalue weighted by Gasteiger charge is 2.39. The van der Waals surface area contributed by atoms with E-state index < -0.39 is 0 Å². The van der Waals surface area contributed by atoms with E-state index >= 15 is 0 Å². The molecular weight excluding hydrogens is 482 g/mol. The lowest BCUT2D eigenvalue weighted by Gasteiger charge is -2.41. The number of benzene rings is 2. The number of amides is 1. The van der Waals surface area contributed by atoms with Gasteiger partial charge in [0.25, 0.3) is 0 Å². The maximum Gasteiger partial charge on any atom is 0.338 e. The van der Waals surface area contributed by atoms with E-state index in [1.54, 1.807) is 11.8 Å². The average Bonchev–Trinajstić information content (AvgIpc) is 3.46. The fourth-order valence-electron chi connectivity index (χ4n) is 5.54. The molecule has 2 aliphatic heterocycles. The zero-order valence-corrected chi connectivity index (χ0v) is 22.3. The third-order valence-corrected chi connectivity index (χ3v) is 8.45. The molecule has 194 valence electrons. The summed E-state index contributed by atoms with van der Waals surface area (Å²) in [6, 6.07) is 17.5. The predicted octanol–water partition coefficient (Wildman–Crippen LogP) is 6.42. The number of carbonyl (C=O) groups excluding carboxylic acids is 2. The van der Waals surface area contributed by atoms with Crippen molar-refractivity contribution in [3.8, 4) is 0 Å². The van der Waals surface area contributed by atoms with E-state index in [2.05, 4.69) is 10.2 Å². The lowest BCUT2D eigenvalue weighted by atomic mass is 9.91. The van der Waals surface area contributed by atoms with Gasteiger partial charge in [-0.1, -0.05) is 79.9 Å². The molecule has 0 radical (unpaired) electrons. The van der Waals surface area contributed by atoms with Gasteiger partial charge in [0.15, 0.2) is 5.17 Å². The van der Waals surface area contributed by atoms with Crippen molar-refractivity contribution in [3.05, 3.63) is 71.3 Å². The van der Waals surface area contributed by atoms with Crippen molar-refractivity contribution in [2.75, 3.05) is 24.2 Å². The van der Waals surface area contributed by atoms with E-state index in [0.29, 0.717) is 30.2 Å². The molecule has 1 saturated carbocycles. The largest absolute Gasteiger partial charge is 0.463 e. The predicted molar refractivity (Wildman–Crippen MR) is 150 cm³/mol. The summed E-state index contributed by atoms with van der Waals surface area (Å²) in [5.74, 6) is 1.43. The van der Waals surface area contributed by atoms with E-state index in [4.69, 9.17) is 9.73 Å². The van der Waals surface area contributed by atoms with Crippen molar-refractivity contribution >= 4 is 40.2 Å². The standard InChI is InChI=1S/C30H35N3O3S/c1-2-36-29(35)26-27(22-11-4-3-5-12-22)32-30-33(19-8-20-37-30)28(26)23-14-16-24(17-15-23)31-25(34)18-13-21-9-6-7-10-21/h3-5,11-12,14-17,21,28H,2,6-10,13,18-20H2,1H3,(H,31,34). The van der Waals surface area contributed by atoms with Crippen LogP contribution in [-0.4, -0.2) is 40.8 Å². The highest BCUT2D eigenvalue weighted by atomic mass is 32.2. The molecule has 0 spiro atoms. The van der Waals surface area contributed by atoms with Gasteiger partial charge in [-0.2, -0.15) is 0 Å². The van der Waals surface area contributed by atoms with E-state index in [1.807, 2.05) is 61.5 Å². The lowest BCUT2D eigenvalue weighted by Crippen LogP contribution is -2.42. The first-order chi connectivity index (χ1) is 18.1. The molecular formula is C30H35N3O3S. The molecule has 1 amide bonds. The zero-order chi connectivity index (χ0) is 25.6. The van der Waals surface area contributed by atoms with Crippen molar-refractivity contribution in [3.63, 3.8) is 0 Å². The fourth-order valence-corrected chi connectivity index (χ4v) is 6.51. The maximum atomic E-state index is 13.4. The van der Waals surface area contributed by atoms with Crippen LogP contribution >= 0.6 is 11.8 Å². The van der Waals surface area contributed by atoms with E-state index in [-0.39, 0.29) is 17.9 Å². The van der Waals surface area contributed by atoms with Gasteiger partial charge in [0, 0.05) is 30.0 Å². The first kappa shape index (κ1) is 25.6. The Hall–Kier alpha value is -3.06. The summed E-state index contributed by atoms with van der Waals surface area (Å²) in [7, 11) is 0. The van der Waals surface area contributed by atoms with Crippen LogP contribution in [0.15, 0.2) is 65.2 Å². The highest BCUT2D eigenvalue weighted by Crippen LogP contribution is 2.43. The third kappa shape index (κ3) is 5.93. The summed E-state index contributed by atoms with van der Waals surface area (Å²) in [5.41, 5.74) is 3.90. The number of fused-ring (bicyclic) bond motifs is 1. The monoisotopic (exact) mass is 517 g/mol. The minimum atomic E-state index is -0.339. The van der Waals surface area contributed by atoms with Gasteiger partial charge in [0.1, 0.15) is 0 Å². The van der Waals surface area contributed by atoms with Crippen molar-refractivity contribution in [1.82, 2.24) is 4.90 Å². The van der Waals surface area contributed by atoms with Crippen LogP contribution < -0.4 is 5.32 Å². The van der Waals surface area contributed by atoms with Crippen molar-refractivity contribution in [1.29, 1.82) is 0 Å². The molecule has 3 aliphatic rings. The second-order valence-corrected chi connectivity index (χ2v) is 11.0. The van der Waals surface area contributed by atoms with Crippen LogP contribution in [0.4, 0.5) is 5.69 Å². The molecule has 1 unspecified atom stereocenters. The summed E-state index contributed by atoms with van der Waals surface area (Å²) in [4.78, 5) is 33.1. The lowest BCUT2D eigenvalue weighted by molar-refractivity contribution is -0.139. The minimum absolute atomic E-state index is 0.0673. The summed E-state index contributed by atoms with van der Waals surface area (Å²) in [6.45, 7) is 2.95. The molecule has 6 nitrogen and oxygen atoms in total. The minimum Gasteiger partial charge on any atom is -0.463 e. The molecule has 1 N–H and O–H groups in total. The van der Waals surface area contributed by atoms with Crippen molar-refractivity contribution < 1.29 is 14.3 Å². The second-order valence-electron chi connectivity index (χ2n) is 9.90. The number of aliphatic imine (C=N–C) groups is 1. The topological polar surface area (TPSA) is 71.0 Å². The number of thioether (sulfide) groups is 1. The van der Waals surface area contributed by atoms with Gasteiger partial charge in [-0.05, 0) is 43.4 Å². The van der Waals surface area contributed by atoms with Gasteiger partial charge in [-0.15, -0.1) is 0 Å². The van der Waals surface area contributed by atoms with Gasteiger partial charge >= 0.3 is 5.97 Å². The SMILES string of the molecule is CCOC(=O)C1=C(c2ccccc2)N=C2SCCCN2C1c1ccc(NC(=O)CCC2CCCC2)cc1. The molecule has 2 heterocycles. The highest BCUT2D eigenvalue weighted by molar-refractivity contribution is 8.13. The molecule has 2 aromatic carbocycles. The van der Waals surface area contributed by atoms with E-state index in [1.165, 1.54) is 25.7 Å². The molecule has 1 saturated heterocycles. The quantitative estimate of drug-likeness (QED) is 0.409. The summed E-state index contributed by atoms with van der Waals surface area (Å²) >= 11 is 1.73. The van der Waals surface area contributed by atoms with Crippen LogP contribution in [0, 0.1) is 5.92 Å². The average molecular weight is 518 g/mol. The van der Waals surface area contributed by atoms with Gasteiger partial charge in [-0.3, -0.25) is 4.79 Å². The van der Waals surface area contributed by atoms with Gasteiger partial charge in [0.05, 0.1) is 23.9 Å². The van der Waals surface area contributed by atoms with E-state index in [0.717, 1.165) is 47.1 Å². The van der Waals surface area contributed by atoms with Crippen LogP contribution in [-0.2, 0) is 14.3 Å². The summed E-state index contributed by atoms with van der Waals surface area (Å²) in [6.07, 6.45) is 7.66. The fraction of sp³-hybridized carbons (Fsp3) is 0.433. The maximum absolute atomic E-state index is 13.4. The number of esters is 1. The molecule has 2 aromatic rings. The summed E-state index contributed by atoms with van der Waals surface area (Å²) < 4.78 is 5.55. The number of nitrogens with zero attached hydrogens (tertiary/aromatic N) is 2. The van der Waals surface area contributed by atoms with Gasteiger partial charge in [0.2, 0.25) is 5.91 Å². The van der Waals surface area contributed by atoms with Crippen LogP contribution in [0.2, 0.25) is 0 Å². The molecule has 1 atom stereocenters. The number of hydrogen-bond acceptors (Lipinski definition) is 6. The number of amidine groups is 1. The Morgan fingerprint density at radius 1 is 1.05 bits per heavy atom. The molecule has 0 bridgehead atoms. The van der Waals surface area contributed by atoms with Crippen molar-refractivity contribution in [2.45, 2.75) is 57.9 Å². The Morgan fingerprint density at radius 3 is 2.54 bits per heavy atom. The Kier molecular flexibility index (Phi) is 8.29. The number of ether oxygens (including phenoxy) is 1. The normalized spacial score (nSPS) is 19.9. The Balaban J connectivity index is 1.43. The number of rotatable bonds is 8. The van der Waals surface area contributed by atoms with Crippen LogP contribution in [0.5, 0.6) is 0 Å².